The van der Waals surface area contributed by atoms with Gasteiger partial charge in [-0.2, -0.15) is 0 Å². The number of hydrogen-bond acceptors (Lipinski definition) is 2. The molecule has 3 nitrogen and oxygen atoms in total. The van der Waals surface area contributed by atoms with Gasteiger partial charge in [-0.25, -0.2) is 0 Å². The van der Waals surface area contributed by atoms with Crippen LogP contribution in [-0.2, 0) is 13.6 Å². The molecule has 0 unspecified atom stereocenters. The van der Waals surface area contributed by atoms with E-state index in [9.17, 15) is 0 Å². The molecule has 2 rings (SSSR count). The fourth-order valence-electron chi connectivity index (χ4n) is 2.30. The molecule has 1 heterocycles. The number of nitrogens with two attached hydrogens (primary N) is 1. The number of aryl methyl sites for hydroxylation is 2. The van der Waals surface area contributed by atoms with Crippen molar-refractivity contribution in [3.05, 3.63) is 29.0 Å². The third-order valence-electron chi connectivity index (χ3n) is 3.24. The first-order valence-electron chi connectivity index (χ1n) is 5.42. The smallest absolute Gasteiger partial charge is 0.143 e. The van der Waals surface area contributed by atoms with Gasteiger partial charge in [0.1, 0.15) is 5.75 Å². The minimum atomic E-state index is 0.565. The molecule has 16 heavy (non-hydrogen) atoms. The van der Waals surface area contributed by atoms with Crippen molar-refractivity contribution in [1.82, 2.24) is 4.57 Å². The maximum atomic E-state index is 5.82. The molecule has 0 fully saturated rings. The molecular weight excluding hydrogens is 200 g/mol. The number of ether oxygens (including phenoxy) is 1. The first-order chi connectivity index (χ1) is 7.60. The second-order valence-electron chi connectivity index (χ2n) is 4.19. The van der Waals surface area contributed by atoms with Gasteiger partial charge in [0, 0.05) is 24.7 Å². The van der Waals surface area contributed by atoms with E-state index in [2.05, 4.69) is 37.6 Å². The van der Waals surface area contributed by atoms with Crippen LogP contribution in [0.3, 0.4) is 0 Å². The van der Waals surface area contributed by atoms with Crippen molar-refractivity contribution in [3.63, 3.8) is 0 Å². The lowest BCUT2D eigenvalue weighted by molar-refractivity contribution is 0.417. The van der Waals surface area contributed by atoms with E-state index in [-0.39, 0.29) is 0 Å². The summed E-state index contributed by atoms with van der Waals surface area (Å²) in [6.45, 7) is 4.73. The minimum absolute atomic E-state index is 0.565. The van der Waals surface area contributed by atoms with Crippen molar-refractivity contribution in [1.29, 1.82) is 0 Å². The van der Waals surface area contributed by atoms with Gasteiger partial charge in [0.2, 0.25) is 0 Å². The average Bonchev–Trinajstić information content (AvgIpc) is 2.50. The van der Waals surface area contributed by atoms with Crippen LogP contribution in [0.5, 0.6) is 5.75 Å². The lowest BCUT2D eigenvalue weighted by atomic mass is 10.1. The Labute approximate surface area is 95.8 Å². The lowest BCUT2D eigenvalue weighted by Gasteiger charge is -2.06. The van der Waals surface area contributed by atoms with Gasteiger partial charge in [-0.3, -0.25) is 0 Å². The molecule has 86 valence electrons. The molecule has 0 aliphatic rings. The molecule has 0 bridgehead atoms. The first-order valence-corrected chi connectivity index (χ1v) is 5.42. The monoisotopic (exact) mass is 218 g/mol. The summed E-state index contributed by atoms with van der Waals surface area (Å²) in [5, 5.41) is 1.21. The maximum Gasteiger partial charge on any atom is 0.143 e. The molecule has 0 aliphatic carbocycles. The Morgan fingerprint density at radius 3 is 2.56 bits per heavy atom. The van der Waals surface area contributed by atoms with Gasteiger partial charge in [-0.05, 0) is 37.1 Å². The van der Waals surface area contributed by atoms with Crippen LogP contribution in [0.2, 0.25) is 0 Å². The van der Waals surface area contributed by atoms with E-state index in [1.54, 1.807) is 7.11 Å². The Kier molecular flexibility index (Phi) is 2.64. The molecule has 3 heteroatoms. The van der Waals surface area contributed by atoms with Crippen molar-refractivity contribution in [2.24, 2.45) is 12.8 Å². The van der Waals surface area contributed by atoms with Gasteiger partial charge >= 0.3 is 0 Å². The lowest BCUT2D eigenvalue weighted by Crippen LogP contribution is -1.99. The third kappa shape index (κ3) is 1.39. The zero-order valence-corrected chi connectivity index (χ0v) is 10.3. The van der Waals surface area contributed by atoms with Crippen molar-refractivity contribution >= 4 is 10.9 Å². The molecule has 2 aromatic rings. The van der Waals surface area contributed by atoms with Crippen LogP contribution in [0.15, 0.2) is 12.1 Å². The second-order valence-corrected chi connectivity index (χ2v) is 4.19. The van der Waals surface area contributed by atoms with Gasteiger partial charge in [0.05, 0.1) is 12.6 Å². The van der Waals surface area contributed by atoms with Crippen molar-refractivity contribution in [2.75, 3.05) is 7.11 Å². The number of benzene rings is 1. The standard InChI is InChI=1S/C13H18N2O/c1-8-5-10-11(7-14)9(2)15(3)13(10)12(6-8)16-4/h5-6H,7,14H2,1-4H3. The van der Waals surface area contributed by atoms with Crippen LogP contribution in [0.1, 0.15) is 16.8 Å². The third-order valence-corrected chi connectivity index (χ3v) is 3.24. The summed E-state index contributed by atoms with van der Waals surface area (Å²) in [6, 6.07) is 4.23. The highest BCUT2D eigenvalue weighted by atomic mass is 16.5. The van der Waals surface area contributed by atoms with Gasteiger partial charge in [-0.15, -0.1) is 0 Å². The van der Waals surface area contributed by atoms with E-state index < -0.39 is 0 Å². The van der Waals surface area contributed by atoms with E-state index in [0.29, 0.717) is 6.54 Å². The quantitative estimate of drug-likeness (QED) is 0.840. The van der Waals surface area contributed by atoms with Gasteiger partial charge < -0.3 is 15.0 Å². The van der Waals surface area contributed by atoms with Crippen molar-refractivity contribution in [3.8, 4) is 5.75 Å². The molecule has 2 N–H and O–H groups in total. The topological polar surface area (TPSA) is 40.2 Å². The molecule has 0 spiro atoms. The summed E-state index contributed by atoms with van der Waals surface area (Å²) in [6.07, 6.45) is 0. The van der Waals surface area contributed by atoms with Gasteiger partial charge in [-0.1, -0.05) is 0 Å². The molecule has 0 atom stereocenters. The van der Waals surface area contributed by atoms with Crippen LogP contribution in [0, 0.1) is 13.8 Å². The zero-order valence-electron chi connectivity index (χ0n) is 10.3. The SMILES string of the molecule is COc1cc(C)cc2c(CN)c(C)n(C)c12. The fraction of sp³-hybridized carbons (Fsp3) is 0.385. The number of methoxy groups -OCH3 is 1. The van der Waals surface area contributed by atoms with Crippen molar-refractivity contribution in [2.45, 2.75) is 20.4 Å². The summed E-state index contributed by atoms with van der Waals surface area (Å²) < 4.78 is 7.59. The number of hydrogen-bond donors (Lipinski definition) is 1. The Hall–Kier alpha value is -1.48. The predicted molar refractivity (Wildman–Crippen MR) is 66.8 cm³/mol. The highest BCUT2D eigenvalue weighted by Crippen LogP contribution is 2.32. The van der Waals surface area contributed by atoms with E-state index >= 15 is 0 Å². The number of rotatable bonds is 2. The molecule has 0 amide bonds. The highest BCUT2D eigenvalue weighted by molar-refractivity contribution is 5.91. The van der Waals surface area contributed by atoms with Crippen LogP contribution in [0.25, 0.3) is 10.9 Å². The molecule has 1 aromatic heterocycles. The largest absolute Gasteiger partial charge is 0.495 e. The Balaban J connectivity index is 2.93. The van der Waals surface area contributed by atoms with Crippen LogP contribution < -0.4 is 10.5 Å². The second kappa shape index (κ2) is 3.83. The zero-order chi connectivity index (χ0) is 11.9. The van der Waals surface area contributed by atoms with E-state index in [1.807, 2.05) is 0 Å². The number of aromatic nitrogens is 1. The summed E-state index contributed by atoms with van der Waals surface area (Å²) >= 11 is 0. The van der Waals surface area contributed by atoms with Gasteiger partial charge in [0.25, 0.3) is 0 Å². The normalized spacial score (nSPS) is 11.1. The summed E-state index contributed by atoms with van der Waals surface area (Å²) in [7, 11) is 3.76. The van der Waals surface area contributed by atoms with Gasteiger partial charge in [0.15, 0.2) is 0 Å². The van der Waals surface area contributed by atoms with E-state index in [1.165, 1.54) is 22.2 Å². The van der Waals surface area contributed by atoms with Crippen LogP contribution in [0.4, 0.5) is 0 Å². The van der Waals surface area contributed by atoms with Crippen LogP contribution >= 0.6 is 0 Å². The average molecular weight is 218 g/mol. The van der Waals surface area contributed by atoms with E-state index in [0.717, 1.165) is 11.3 Å². The first kappa shape index (κ1) is 11.0. The van der Waals surface area contributed by atoms with E-state index in [4.69, 9.17) is 10.5 Å². The Morgan fingerprint density at radius 2 is 2.00 bits per heavy atom. The molecule has 0 aliphatic heterocycles. The summed E-state index contributed by atoms with van der Waals surface area (Å²) in [4.78, 5) is 0. The fourth-order valence-corrected chi connectivity index (χ4v) is 2.30. The highest BCUT2D eigenvalue weighted by Gasteiger charge is 2.14. The minimum Gasteiger partial charge on any atom is -0.495 e. The Bertz CT molecular complexity index is 541. The molecule has 1 aromatic carbocycles. The molecule has 0 radical (unpaired) electrons. The number of nitrogens with zero attached hydrogens (tertiary/aromatic N) is 1. The molecular formula is C13H18N2O. The number of fused-ring (bicyclic) bond motifs is 1. The predicted octanol–water partition coefficient (Wildman–Crippen LogP) is 2.26. The van der Waals surface area contributed by atoms with Crippen molar-refractivity contribution < 1.29 is 4.74 Å². The van der Waals surface area contributed by atoms with Crippen LogP contribution in [-0.4, -0.2) is 11.7 Å². The molecule has 0 saturated carbocycles. The summed E-state index contributed by atoms with van der Waals surface area (Å²) in [5.41, 5.74) is 10.6. The maximum absolute atomic E-state index is 5.82. The molecule has 0 saturated heterocycles. The summed E-state index contributed by atoms with van der Waals surface area (Å²) in [5.74, 6) is 0.917. The Morgan fingerprint density at radius 1 is 1.31 bits per heavy atom.